The van der Waals surface area contributed by atoms with E-state index < -0.39 is 0 Å². The second-order valence-corrected chi connectivity index (χ2v) is 5.28. The van der Waals surface area contributed by atoms with Gasteiger partial charge in [0.25, 0.3) is 0 Å². The molecular weight excluding hydrogens is 319 g/mol. The van der Waals surface area contributed by atoms with Gasteiger partial charge < -0.3 is 0 Å². The third kappa shape index (κ3) is 3.20. The van der Waals surface area contributed by atoms with Gasteiger partial charge in [-0.15, -0.1) is 0 Å². The number of nitrogens with one attached hydrogen (secondary N) is 1. The summed E-state index contributed by atoms with van der Waals surface area (Å²) in [5.74, 6) is 0.865. The molecule has 0 aliphatic heterocycles. The maximum atomic E-state index is 13.2. The van der Waals surface area contributed by atoms with Crippen molar-refractivity contribution < 1.29 is 4.39 Å². The zero-order valence-corrected chi connectivity index (χ0v) is 13.0. The van der Waals surface area contributed by atoms with Gasteiger partial charge in [-0.1, -0.05) is 12.1 Å². The first-order valence-corrected chi connectivity index (χ1v) is 7.58. The standard InChI is InChI=1S/C18H13FN6/c19-15-3-1-13(2-4-15)16-11-22-17(14-5-7-20-8-6-14)23-18(16)24-25-10-9-21-12-25/h1-12H,(H,22,23,24). The van der Waals surface area contributed by atoms with E-state index in [1.165, 1.54) is 12.1 Å². The molecular formula is C18H13FN6. The molecule has 6 nitrogen and oxygen atoms in total. The minimum atomic E-state index is -0.290. The minimum absolute atomic E-state index is 0.290. The van der Waals surface area contributed by atoms with Crippen LogP contribution in [0.5, 0.6) is 0 Å². The molecule has 1 aromatic carbocycles. The fraction of sp³-hybridized carbons (Fsp3) is 0. The lowest BCUT2D eigenvalue weighted by Crippen LogP contribution is -2.10. The number of benzene rings is 1. The lowest BCUT2D eigenvalue weighted by Gasteiger charge is -2.13. The molecule has 0 aliphatic carbocycles. The summed E-state index contributed by atoms with van der Waals surface area (Å²) in [6.07, 6.45) is 10.2. The van der Waals surface area contributed by atoms with Crippen molar-refractivity contribution in [3.05, 3.63) is 79.5 Å². The van der Waals surface area contributed by atoms with E-state index in [2.05, 4.69) is 25.4 Å². The predicted octanol–water partition coefficient (Wildman–Crippen LogP) is 3.42. The lowest BCUT2D eigenvalue weighted by molar-refractivity contribution is 0.628. The van der Waals surface area contributed by atoms with E-state index in [9.17, 15) is 4.39 Å². The molecule has 4 aromatic rings. The highest BCUT2D eigenvalue weighted by Crippen LogP contribution is 2.28. The molecule has 0 saturated heterocycles. The quantitative estimate of drug-likeness (QED) is 0.620. The summed E-state index contributed by atoms with van der Waals surface area (Å²) in [6.45, 7) is 0. The van der Waals surface area contributed by atoms with E-state index >= 15 is 0 Å². The summed E-state index contributed by atoms with van der Waals surface area (Å²) < 4.78 is 14.9. The Morgan fingerprint density at radius 1 is 0.880 bits per heavy atom. The highest BCUT2D eigenvalue weighted by molar-refractivity contribution is 5.76. The van der Waals surface area contributed by atoms with Crippen molar-refractivity contribution in [3.63, 3.8) is 0 Å². The van der Waals surface area contributed by atoms with Gasteiger partial charge in [0.1, 0.15) is 12.1 Å². The van der Waals surface area contributed by atoms with Gasteiger partial charge in [-0.25, -0.2) is 24.0 Å². The van der Waals surface area contributed by atoms with Crippen LogP contribution in [-0.4, -0.2) is 24.6 Å². The Morgan fingerprint density at radius 3 is 2.40 bits per heavy atom. The topological polar surface area (TPSA) is 68.5 Å². The third-order valence-corrected chi connectivity index (χ3v) is 3.62. The number of anilines is 1. The van der Waals surface area contributed by atoms with Crippen LogP contribution in [0.15, 0.2) is 73.7 Å². The fourth-order valence-electron chi connectivity index (χ4n) is 2.40. The van der Waals surface area contributed by atoms with Crippen molar-refractivity contribution in [2.24, 2.45) is 0 Å². The number of hydrogen-bond acceptors (Lipinski definition) is 5. The van der Waals surface area contributed by atoms with Gasteiger partial charge in [0.05, 0.1) is 0 Å². The van der Waals surface area contributed by atoms with E-state index in [0.29, 0.717) is 11.6 Å². The van der Waals surface area contributed by atoms with Gasteiger partial charge in [0, 0.05) is 42.1 Å². The van der Waals surface area contributed by atoms with Crippen LogP contribution in [0.3, 0.4) is 0 Å². The molecule has 3 heterocycles. The van der Waals surface area contributed by atoms with Gasteiger partial charge in [0.15, 0.2) is 11.6 Å². The second-order valence-electron chi connectivity index (χ2n) is 5.28. The van der Waals surface area contributed by atoms with Crippen LogP contribution in [0.1, 0.15) is 0 Å². The Balaban J connectivity index is 1.81. The summed E-state index contributed by atoms with van der Waals surface area (Å²) in [6, 6.07) is 9.89. The predicted molar refractivity (Wildman–Crippen MR) is 91.9 cm³/mol. The Bertz CT molecular complexity index is 968. The zero-order chi connectivity index (χ0) is 17.1. The monoisotopic (exact) mass is 332 g/mol. The normalized spacial score (nSPS) is 10.6. The van der Waals surface area contributed by atoms with Crippen LogP contribution in [0.2, 0.25) is 0 Å². The number of aromatic nitrogens is 5. The third-order valence-electron chi connectivity index (χ3n) is 3.62. The maximum absolute atomic E-state index is 13.2. The van der Waals surface area contributed by atoms with Crippen LogP contribution in [-0.2, 0) is 0 Å². The van der Waals surface area contributed by atoms with Crippen molar-refractivity contribution >= 4 is 5.82 Å². The average Bonchev–Trinajstić information content (AvgIpc) is 3.16. The summed E-state index contributed by atoms with van der Waals surface area (Å²) in [7, 11) is 0. The molecule has 0 unspecified atom stereocenters. The molecule has 122 valence electrons. The zero-order valence-electron chi connectivity index (χ0n) is 13.0. The molecule has 0 amide bonds. The Kier molecular flexibility index (Phi) is 3.88. The molecule has 0 saturated carbocycles. The van der Waals surface area contributed by atoms with Crippen molar-refractivity contribution in [2.75, 3.05) is 5.43 Å². The van der Waals surface area contributed by atoms with Crippen LogP contribution in [0.4, 0.5) is 10.2 Å². The van der Waals surface area contributed by atoms with Gasteiger partial charge in [0.2, 0.25) is 0 Å². The maximum Gasteiger partial charge on any atom is 0.161 e. The number of pyridine rings is 1. The van der Waals surface area contributed by atoms with E-state index in [1.54, 1.807) is 54.1 Å². The second kappa shape index (κ2) is 6.48. The van der Waals surface area contributed by atoms with E-state index in [1.807, 2.05) is 12.1 Å². The molecule has 0 aliphatic rings. The van der Waals surface area contributed by atoms with Gasteiger partial charge in [-0.2, -0.15) is 0 Å². The van der Waals surface area contributed by atoms with E-state index in [-0.39, 0.29) is 5.82 Å². The van der Waals surface area contributed by atoms with Crippen LogP contribution >= 0.6 is 0 Å². The lowest BCUT2D eigenvalue weighted by atomic mass is 10.1. The van der Waals surface area contributed by atoms with E-state index in [0.717, 1.165) is 16.7 Å². The number of imidazole rings is 1. The van der Waals surface area contributed by atoms with Crippen molar-refractivity contribution in [1.29, 1.82) is 0 Å². The molecule has 7 heteroatoms. The summed E-state index contributed by atoms with van der Waals surface area (Å²) in [5.41, 5.74) is 5.59. The summed E-state index contributed by atoms with van der Waals surface area (Å²) in [5, 5.41) is 0. The van der Waals surface area contributed by atoms with Crippen molar-refractivity contribution in [2.45, 2.75) is 0 Å². The molecule has 0 atom stereocenters. The van der Waals surface area contributed by atoms with Crippen molar-refractivity contribution in [3.8, 4) is 22.5 Å². The highest BCUT2D eigenvalue weighted by atomic mass is 19.1. The van der Waals surface area contributed by atoms with E-state index in [4.69, 9.17) is 0 Å². The first-order valence-electron chi connectivity index (χ1n) is 7.58. The number of nitrogens with zero attached hydrogens (tertiary/aromatic N) is 5. The number of hydrogen-bond donors (Lipinski definition) is 1. The first kappa shape index (κ1) is 14.9. The molecule has 25 heavy (non-hydrogen) atoms. The Labute approximate surface area is 143 Å². The molecule has 1 N–H and O–H groups in total. The molecule has 0 fully saturated rings. The molecule has 4 rings (SSSR count). The largest absolute Gasteiger partial charge is 0.276 e. The Hall–Kier alpha value is -3.61. The van der Waals surface area contributed by atoms with Gasteiger partial charge >= 0.3 is 0 Å². The SMILES string of the molecule is Fc1ccc(-c2cnc(-c3ccncc3)nc2Nn2ccnc2)cc1. The fourth-order valence-corrected chi connectivity index (χ4v) is 2.40. The van der Waals surface area contributed by atoms with Gasteiger partial charge in [-0.05, 0) is 29.8 Å². The molecule has 0 spiro atoms. The average molecular weight is 332 g/mol. The smallest absolute Gasteiger partial charge is 0.161 e. The highest BCUT2D eigenvalue weighted by Gasteiger charge is 2.11. The van der Waals surface area contributed by atoms with Crippen LogP contribution in [0, 0.1) is 5.82 Å². The summed E-state index contributed by atoms with van der Waals surface area (Å²) in [4.78, 5) is 17.1. The van der Waals surface area contributed by atoms with Crippen molar-refractivity contribution in [1.82, 2.24) is 24.6 Å². The Morgan fingerprint density at radius 2 is 1.68 bits per heavy atom. The molecule has 0 radical (unpaired) electrons. The molecule has 3 aromatic heterocycles. The number of rotatable bonds is 4. The first-order chi connectivity index (χ1) is 12.3. The van der Waals surface area contributed by atoms with Gasteiger partial charge in [-0.3, -0.25) is 10.4 Å². The molecule has 0 bridgehead atoms. The van der Waals surface area contributed by atoms with Crippen LogP contribution in [0.25, 0.3) is 22.5 Å². The number of halogens is 1. The van der Waals surface area contributed by atoms with Crippen LogP contribution < -0.4 is 5.43 Å². The minimum Gasteiger partial charge on any atom is -0.276 e. The summed E-state index contributed by atoms with van der Waals surface area (Å²) >= 11 is 0.